The fraction of sp³-hybridized carbons (Fsp3) is 0.667. The van der Waals surface area contributed by atoms with E-state index in [0.29, 0.717) is 0 Å². The van der Waals surface area contributed by atoms with Crippen LogP contribution in [0.25, 0.3) is 0 Å². The number of nitrogens with one attached hydrogen (secondary N) is 1. The smallest absolute Gasteiger partial charge is 0.0847 e. The van der Waals surface area contributed by atoms with E-state index in [1.54, 1.807) is 0 Å². The van der Waals surface area contributed by atoms with E-state index >= 15 is 0 Å². The van der Waals surface area contributed by atoms with Gasteiger partial charge in [-0.05, 0) is 20.8 Å². The SMILES string of the molecule is CCn1nc(C)c(Cl)c1CC(C)NN. The van der Waals surface area contributed by atoms with Crippen molar-refractivity contribution in [2.24, 2.45) is 5.84 Å². The van der Waals surface area contributed by atoms with E-state index in [2.05, 4.69) is 10.5 Å². The number of aromatic nitrogens is 2. The van der Waals surface area contributed by atoms with Gasteiger partial charge >= 0.3 is 0 Å². The molecule has 80 valence electrons. The van der Waals surface area contributed by atoms with Crippen LogP contribution in [0.3, 0.4) is 0 Å². The quantitative estimate of drug-likeness (QED) is 0.589. The zero-order chi connectivity index (χ0) is 10.7. The van der Waals surface area contributed by atoms with Crippen LogP contribution in [0.5, 0.6) is 0 Å². The van der Waals surface area contributed by atoms with Crippen molar-refractivity contribution >= 4 is 11.6 Å². The number of rotatable bonds is 4. The third-order valence-electron chi connectivity index (χ3n) is 2.24. The molecule has 1 aromatic rings. The van der Waals surface area contributed by atoms with Crippen molar-refractivity contribution in [2.45, 2.75) is 39.8 Å². The number of hydrogen-bond donors (Lipinski definition) is 2. The Morgan fingerprint density at radius 2 is 2.29 bits per heavy atom. The Labute approximate surface area is 89.4 Å². The Kier molecular flexibility index (Phi) is 3.92. The van der Waals surface area contributed by atoms with E-state index < -0.39 is 0 Å². The molecule has 0 radical (unpaired) electrons. The van der Waals surface area contributed by atoms with Crippen LogP contribution in [0.1, 0.15) is 25.2 Å². The predicted molar refractivity (Wildman–Crippen MR) is 58.1 cm³/mol. The lowest BCUT2D eigenvalue weighted by molar-refractivity contribution is 0.529. The van der Waals surface area contributed by atoms with Gasteiger partial charge in [-0.2, -0.15) is 5.10 Å². The molecule has 0 aliphatic rings. The second kappa shape index (κ2) is 4.77. The summed E-state index contributed by atoms with van der Waals surface area (Å²) in [5, 5.41) is 5.09. The largest absolute Gasteiger partial charge is 0.271 e. The number of nitrogens with two attached hydrogens (primary N) is 1. The molecule has 0 amide bonds. The molecule has 0 fully saturated rings. The van der Waals surface area contributed by atoms with Gasteiger partial charge in [0, 0.05) is 19.0 Å². The van der Waals surface area contributed by atoms with Crippen LogP contribution in [0.4, 0.5) is 0 Å². The summed E-state index contributed by atoms with van der Waals surface area (Å²) in [6.07, 6.45) is 0.796. The van der Waals surface area contributed by atoms with Crippen LogP contribution in [0.15, 0.2) is 0 Å². The molecule has 1 aromatic heterocycles. The number of aryl methyl sites for hydroxylation is 2. The number of nitrogens with zero attached hydrogens (tertiary/aromatic N) is 2. The fourth-order valence-electron chi connectivity index (χ4n) is 1.41. The Balaban J connectivity index is 2.93. The molecule has 1 atom stereocenters. The number of hydrogen-bond acceptors (Lipinski definition) is 3. The Bertz CT molecular complexity index is 308. The summed E-state index contributed by atoms with van der Waals surface area (Å²) in [5.41, 5.74) is 4.64. The molecule has 0 aliphatic carbocycles. The Hall–Kier alpha value is -0.580. The van der Waals surface area contributed by atoms with Crippen molar-refractivity contribution in [1.29, 1.82) is 0 Å². The summed E-state index contributed by atoms with van der Waals surface area (Å²) in [6, 6.07) is 0.203. The normalized spacial score (nSPS) is 13.2. The minimum absolute atomic E-state index is 0.203. The van der Waals surface area contributed by atoms with E-state index in [1.165, 1.54) is 0 Å². The van der Waals surface area contributed by atoms with Gasteiger partial charge < -0.3 is 0 Å². The summed E-state index contributed by atoms with van der Waals surface area (Å²) < 4.78 is 1.92. The number of halogens is 1. The van der Waals surface area contributed by atoms with Crippen LogP contribution in [0, 0.1) is 6.92 Å². The molecule has 0 saturated carbocycles. The third kappa shape index (κ3) is 2.26. The number of hydrazine groups is 1. The molecule has 0 bridgehead atoms. The van der Waals surface area contributed by atoms with Gasteiger partial charge in [0.25, 0.3) is 0 Å². The molecule has 0 aliphatic heterocycles. The Morgan fingerprint density at radius 1 is 1.64 bits per heavy atom. The summed E-state index contributed by atoms with van der Waals surface area (Å²) in [7, 11) is 0. The fourth-order valence-corrected chi connectivity index (χ4v) is 1.63. The van der Waals surface area contributed by atoms with Gasteiger partial charge in [-0.1, -0.05) is 11.6 Å². The highest BCUT2D eigenvalue weighted by Crippen LogP contribution is 2.21. The molecule has 0 saturated heterocycles. The van der Waals surface area contributed by atoms with Gasteiger partial charge in [0.05, 0.1) is 16.4 Å². The molecule has 0 spiro atoms. The molecule has 1 unspecified atom stereocenters. The van der Waals surface area contributed by atoms with Crippen molar-refractivity contribution in [2.75, 3.05) is 0 Å². The van der Waals surface area contributed by atoms with Crippen LogP contribution in [0.2, 0.25) is 5.02 Å². The molecular weight excluding hydrogens is 200 g/mol. The van der Waals surface area contributed by atoms with Gasteiger partial charge in [-0.15, -0.1) is 0 Å². The Morgan fingerprint density at radius 3 is 2.79 bits per heavy atom. The average molecular weight is 217 g/mol. The van der Waals surface area contributed by atoms with E-state index in [9.17, 15) is 0 Å². The van der Waals surface area contributed by atoms with Crippen molar-refractivity contribution in [3.63, 3.8) is 0 Å². The molecule has 5 heteroatoms. The van der Waals surface area contributed by atoms with Crippen molar-refractivity contribution in [1.82, 2.24) is 15.2 Å². The van der Waals surface area contributed by atoms with Gasteiger partial charge in [0.1, 0.15) is 0 Å². The lowest BCUT2D eigenvalue weighted by Gasteiger charge is -2.11. The standard InChI is InChI=1S/C9H17ClN4/c1-4-14-8(5-6(2)12-11)9(10)7(3)13-14/h6,12H,4-5,11H2,1-3H3. The first-order chi connectivity index (χ1) is 6.60. The lowest BCUT2D eigenvalue weighted by atomic mass is 10.2. The van der Waals surface area contributed by atoms with E-state index in [4.69, 9.17) is 17.4 Å². The van der Waals surface area contributed by atoms with Gasteiger partial charge in [-0.25, -0.2) is 0 Å². The topological polar surface area (TPSA) is 55.9 Å². The molecule has 1 rings (SSSR count). The van der Waals surface area contributed by atoms with E-state index in [0.717, 1.165) is 29.4 Å². The van der Waals surface area contributed by atoms with Gasteiger partial charge in [0.15, 0.2) is 0 Å². The molecular formula is C9H17ClN4. The van der Waals surface area contributed by atoms with Crippen LogP contribution in [-0.2, 0) is 13.0 Å². The van der Waals surface area contributed by atoms with Crippen LogP contribution in [-0.4, -0.2) is 15.8 Å². The molecule has 0 aromatic carbocycles. The van der Waals surface area contributed by atoms with Crippen LogP contribution >= 0.6 is 11.6 Å². The highest BCUT2D eigenvalue weighted by Gasteiger charge is 2.14. The van der Waals surface area contributed by atoms with Gasteiger partial charge in [0.2, 0.25) is 0 Å². The summed E-state index contributed by atoms with van der Waals surface area (Å²) in [6.45, 7) is 6.81. The summed E-state index contributed by atoms with van der Waals surface area (Å²) >= 11 is 6.14. The highest BCUT2D eigenvalue weighted by molar-refractivity contribution is 6.31. The monoisotopic (exact) mass is 216 g/mol. The maximum absolute atomic E-state index is 6.14. The maximum atomic E-state index is 6.14. The first kappa shape index (κ1) is 11.5. The van der Waals surface area contributed by atoms with Crippen LogP contribution < -0.4 is 11.3 Å². The lowest BCUT2D eigenvalue weighted by Crippen LogP contribution is -2.34. The third-order valence-corrected chi connectivity index (χ3v) is 2.73. The highest BCUT2D eigenvalue weighted by atomic mass is 35.5. The van der Waals surface area contributed by atoms with Crippen molar-refractivity contribution in [3.05, 3.63) is 16.4 Å². The molecule has 1 heterocycles. The molecule has 14 heavy (non-hydrogen) atoms. The first-order valence-corrected chi connectivity index (χ1v) is 5.15. The zero-order valence-electron chi connectivity index (χ0n) is 8.84. The maximum Gasteiger partial charge on any atom is 0.0847 e. The van der Waals surface area contributed by atoms with Crippen molar-refractivity contribution in [3.8, 4) is 0 Å². The molecule has 3 N–H and O–H groups in total. The minimum Gasteiger partial charge on any atom is -0.271 e. The van der Waals surface area contributed by atoms with Gasteiger partial charge in [-0.3, -0.25) is 16.0 Å². The summed E-state index contributed by atoms with van der Waals surface area (Å²) in [4.78, 5) is 0. The van der Waals surface area contributed by atoms with E-state index in [1.807, 2.05) is 25.5 Å². The average Bonchev–Trinajstić information content (AvgIpc) is 2.45. The van der Waals surface area contributed by atoms with Crippen molar-refractivity contribution < 1.29 is 0 Å². The molecule has 4 nitrogen and oxygen atoms in total. The minimum atomic E-state index is 0.203. The van der Waals surface area contributed by atoms with E-state index in [-0.39, 0.29) is 6.04 Å². The zero-order valence-corrected chi connectivity index (χ0v) is 9.60. The first-order valence-electron chi connectivity index (χ1n) is 4.78. The second-order valence-electron chi connectivity index (χ2n) is 3.43. The summed E-state index contributed by atoms with van der Waals surface area (Å²) in [5.74, 6) is 5.35. The second-order valence-corrected chi connectivity index (χ2v) is 3.81. The predicted octanol–water partition coefficient (Wildman–Crippen LogP) is 1.26.